The van der Waals surface area contributed by atoms with E-state index < -0.39 is 0 Å². The van der Waals surface area contributed by atoms with Crippen LogP contribution in [0.15, 0.2) is 36.2 Å². The maximum absolute atomic E-state index is 12.7. The second-order valence-electron chi connectivity index (χ2n) is 8.02. The van der Waals surface area contributed by atoms with Gasteiger partial charge in [-0.3, -0.25) is 9.69 Å². The van der Waals surface area contributed by atoms with Crippen LogP contribution >= 0.6 is 0 Å². The number of unbranched alkanes of at least 4 members (excludes halogenated alkanes) is 2. The summed E-state index contributed by atoms with van der Waals surface area (Å²) in [5, 5.41) is 16.8. The standard InChI is InChI=1S/C23H28N8O2/c1-3-5-7-20-24-14-18(13-19-22(32)30(12-6-4-2)23(33)25-19)31(20)15-16-8-10-17(11-9-16)21-26-28-29-27-21/h8-11,13-14H,3-7,12,15H2,1-2H3,(H,25,33)(H,26,27,28,29). The fraction of sp³-hybridized carbons (Fsp3) is 0.391. The first-order valence-corrected chi connectivity index (χ1v) is 11.3. The first kappa shape index (κ1) is 22.4. The summed E-state index contributed by atoms with van der Waals surface area (Å²) in [5.41, 5.74) is 3.01. The van der Waals surface area contributed by atoms with Crippen LogP contribution in [0, 0.1) is 0 Å². The van der Waals surface area contributed by atoms with Gasteiger partial charge in [-0.1, -0.05) is 51.0 Å². The summed E-state index contributed by atoms with van der Waals surface area (Å²) in [6.07, 6.45) is 8.10. The minimum absolute atomic E-state index is 0.284. The predicted molar refractivity (Wildman–Crippen MR) is 123 cm³/mol. The van der Waals surface area contributed by atoms with Crippen LogP contribution < -0.4 is 5.32 Å². The third-order valence-corrected chi connectivity index (χ3v) is 5.61. The van der Waals surface area contributed by atoms with Crippen molar-refractivity contribution >= 4 is 18.0 Å². The lowest BCUT2D eigenvalue weighted by atomic mass is 10.1. The van der Waals surface area contributed by atoms with Gasteiger partial charge in [-0.05, 0) is 29.7 Å². The first-order valence-electron chi connectivity index (χ1n) is 11.3. The SMILES string of the molecule is CCCCc1ncc(C=C2NC(=O)N(CCCC)C2=O)n1Cc1ccc(-c2nn[nH]n2)cc1. The quantitative estimate of drug-likeness (QED) is 0.363. The molecule has 3 heterocycles. The van der Waals surface area contributed by atoms with Crippen molar-refractivity contribution in [1.29, 1.82) is 0 Å². The molecule has 172 valence electrons. The molecule has 0 saturated carbocycles. The maximum atomic E-state index is 12.7. The number of imide groups is 1. The lowest BCUT2D eigenvalue weighted by Crippen LogP contribution is -2.31. The lowest BCUT2D eigenvalue weighted by molar-refractivity contribution is -0.122. The summed E-state index contributed by atoms with van der Waals surface area (Å²) in [6.45, 7) is 5.18. The molecule has 1 aromatic carbocycles. The van der Waals surface area contributed by atoms with Gasteiger partial charge in [0.25, 0.3) is 5.91 Å². The molecule has 1 aliphatic heterocycles. The molecule has 1 fully saturated rings. The zero-order valence-corrected chi connectivity index (χ0v) is 18.9. The number of urea groups is 1. The average Bonchev–Trinajstić information content (AvgIpc) is 3.54. The predicted octanol–water partition coefficient (Wildman–Crippen LogP) is 3.15. The Kier molecular flexibility index (Phi) is 6.92. The van der Waals surface area contributed by atoms with Crippen LogP contribution in [0.5, 0.6) is 0 Å². The molecule has 0 unspecified atom stereocenters. The van der Waals surface area contributed by atoms with Crippen molar-refractivity contribution in [2.75, 3.05) is 6.54 Å². The molecule has 2 N–H and O–H groups in total. The summed E-state index contributed by atoms with van der Waals surface area (Å²) < 4.78 is 2.10. The summed E-state index contributed by atoms with van der Waals surface area (Å²) in [4.78, 5) is 30.9. The summed E-state index contributed by atoms with van der Waals surface area (Å²) in [7, 11) is 0. The second-order valence-corrected chi connectivity index (χ2v) is 8.02. The van der Waals surface area contributed by atoms with Gasteiger partial charge >= 0.3 is 6.03 Å². The van der Waals surface area contributed by atoms with Gasteiger partial charge in [0.05, 0.1) is 11.9 Å². The monoisotopic (exact) mass is 448 g/mol. The van der Waals surface area contributed by atoms with Gasteiger partial charge in [0, 0.05) is 25.1 Å². The molecule has 0 spiro atoms. The number of carbonyl (C=O) groups excluding carboxylic acids is 2. The van der Waals surface area contributed by atoms with E-state index in [9.17, 15) is 9.59 Å². The smallest absolute Gasteiger partial charge is 0.324 e. The molecule has 3 aromatic rings. The highest BCUT2D eigenvalue weighted by molar-refractivity contribution is 6.13. The number of nitrogens with one attached hydrogen (secondary N) is 2. The highest BCUT2D eigenvalue weighted by Crippen LogP contribution is 2.20. The minimum Gasteiger partial charge on any atom is -0.324 e. The Hall–Kier alpha value is -3.82. The molecule has 0 atom stereocenters. The van der Waals surface area contributed by atoms with Gasteiger partial charge in [-0.2, -0.15) is 5.21 Å². The number of amides is 3. The molecule has 0 aliphatic carbocycles. The van der Waals surface area contributed by atoms with E-state index in [-0.39, 0.29) is 17.6 Å². The van der Waals surface area contributed by atoms with E-state index >= 15 is 0 Å². The van der Waals surface area contributed by atoms with Crippen molar-refractivity contribution in [3.63, 3.8) is 0 Å². The van der Waals surface area contributed by atoms with E-state index in [1.165, 1.54) is 4.90 Å². The van der Waals surface area contributed by atoms with Gasteiger partial charge in [0.2, 0.25) is 5.82 Å². The number of carbonyl (C=O) groups is 2. The number of hydrogen-bond donors (Lipinski definition) is 2. The van der Waals surface area contributed by atoms with E-state index in [4.69, 9.17) is 0 Å². The highest BCUT2D eigenvalue weighted by atomic mass is 16.2. The Bertz CT molecular complexity index is 1130. The summed E-state index contributed by atoms with van der Waals surface area (Å²) >= 11 is 0. The van der Waals surface area contributed by atoms with E-state index in [2.05, 4.69) is 42.4 Å². The number of H-pyrrole nitrogens is 1. The Balaban J connectivity index is 1.59. The van der Waals surface area contributed by atoms with Gasteiger partial charge in [-0.15, -0.1) is 10.2 Å². The van der Waals surface area contributed by atoms with Crippen LogP contribution in [-0.2, 0) is 17.8 Å². The van der Waals surface area contributed by atoms with Crippen LogP contribution in [0.25, 0.3) is 17.5 Å². The van der Waals surface area contributed by atoms with Gasteiger partial charge < -0.3 is 9.88 Å². The Labute approximate surface area is 192 Å². The molecule has 33 heavy (non-hydrogen) atoms. The third kappa shape index (κ3) is 5.00. The van der Waals surface area contributed by atoms with Crippen molar-refractivity contribution in [3.05, 3.63) is 53.2 Å². The molecule has 1 aliphatic rings. The van der Waals surface area contributed by atoms with Gasteiger partial charge in [0.15, 0.2) is 0 Å². The van der Waals surface area contributed by atoms with E-state index in [0.717, 1.165) is 54.7 Å². The number of imidazole rings is 1. The van der Waals surface area contributed by atoms with E-state index in [0.29, 0.717) is 18.9 Å². The first-order chi connectivity index (χ1) is 16.1. The fourth-order valence-electron chi connectivity index (χ4n) is 3.73. The third-order valence-electron chi connectivity index (χ3n) is 5.61. The van der Waals surface area contributed by atoms with Crippen molar-refractivity contribution in [1.82, 2.24) is 40.4 Å². The molecule has 4 rings (SSSR count). The topological polar surface area (TPSA) is 122 Å². The zero-order valence-electron chi connectivity index (χ0n) is 18.9. The Morgan fingerprint density at radius 2 is 1.85 bits per heavy atom. The number of rotatable bonds is 10. The Morgan fingerprint density at radius 1 is 1.06 bits per heavy atom. The van der Waals surface area contributed by atoms with Crippen molar-refractivity contribution in [2.45, 2.75) is 52.5 Å². The van der Waals surface area contributed by atoms with Crippen molar-refractivity contribution in [2.24, 2.45) is 0 Å². The number of nitrogens with zero attached hydrogens (tertiary/aromatic N) is 6. The van der Waals surface area contributed by atoms with Gasteiger partial charge in [0.1, 0.15) is 11.5 Å². The maximum Gasteiger partial charge on any atom is 0.329 e. The number of benzene rings is 1. The molecular formula is C23H28N8O2. The molecule has 3 amide bonds. The summed E-state index contributed by atoms with van der Waals surface area (Å²) in [6, 6.07) is 7.57. The second kappa shape index (κ2) is 10.2. The van der Waals surface area contributed by atoms with Crippen LogP contribution in [0.3, 0.4) is 0 Å². The van der Waals surface area contributed by atoms with Crippen LogP contribution in [-0.4, -0.2) is 53.6 Å². The number of aryl methyl sites for hydroxylation is 1. The molecule has 10 heteroatoms. The lowest BCUT2D eigenvalue weighted by Gasteiger charge is -2.12. The number of hydrogen-bond acceptors (Lipinski definition) is 6. The van der Waals surface area contributed by atoms with Crippen molar-refractivity contribution < 1.29 is 9.59 Å². The number of aromatic nitrogens is 6. The highest BCUT2D eigenvalue weighted by Gasteiger charge is 2.33. The van der Waals surface area contributed by atoms with Crippen LogP contribution in [0.2, 0.25) is 0 Å². The minimum atomic E-state index is -0.367. The van der Waals surface area contributed by atoms with Crippen LogP contribution in [0.4, 0.5) is 4.79 Å². The molecular weight excluding hydrogens is 420 g/mol. The molecule has 1 saturated heterocycles. The van der Waals surface area contributed by atoms with Gasteiger partial charge in [-0.25, -0.2) is 9.78 Å². The molecule has 0 bridgehead atoms. The Morgan fingerprint density at radius 3 is 2.55 bits per heavy atom. The normalized spacial score (nSPS) is 15.0. The molecule has 10 nitrogen and oxygen atoms in total. The van der Waals surface area contributed by atoms with Crippen LogP contribution in [0.1, 0.15) is 56.6 Å². The summed E-state index contributed by atoms with van der Waals surface area (Å²) in [5.74, 6) is 1.20. The average molecular weight is 449 g/mol. The largest absolute Gasteiger partial charge is 0.329 e. The van der Waals surface area contributed by atoms with E-state index in [1.807, 2.05) is 31.2 Å². The number of tetrazole rings is 1. The van der Waals surface area contributed by atoms with Crippen molar-refractivity contribution in [3.8, 4) is 11.4 Å². The zero-order chi connectivity index (χ0) is 23.2. The van der Waals surface area contributed by atoms with E-state index in [1.54, 1.807) is 12.3 Å². The fourth-order valence-corrected chi connectivity index (χ4v) is 3.73. The molecule has 0 radical (unpaired) electrons. The number of aromatic amines is 1. The molecule has 2 aromatic heterocycles.